The maximum Gasteiger partial charge on any atom is 0.255 e. The van der Waals surface area contributed by atoms with Crippen molar-refractivity contribution in [2.24, 2.45) is 0 Å². The van der Waals surface area contributed by atoms with Gasteiger partial charge in [0.1, 0.15) is 0 Å². The summed E-state index contributed by atoms with van der Waals surface area (Å²) in [5, 5.41) is 2.68. The Bertz CT molecular complexity index is 614. The van der Waals surface area contributed by atoms with Crippen LogP contribution < -0.4 is 10.1 Å². The highest BCUT2D eigenvalue weighted by Gasteiger charge is 2.08. The van der Waals surface area contributed by atoms with Gasteiger partial charge in [-0.25, -0.2) is 4.39 Å². The lowest BCUT2D eigenvalue weighted by molar-refractivity contribution is 0.102. The number of rotatable bonds is 4. The average Bonchev–Trinajstić information content (AvgIpc) is 2.49. The first kappa shape index (κ1) is 14.3. The molecule has 0 bridgehead atoms. The van der Waals surface area contributed by atoms with Crippen LogP contribution in [-0.2, 0) is 5.88 Å². The number of amides is 1. The highest BCUT2D eigenvalue weighted by atomic mass is 35.5. The van der Waals surface area contributed by atoms with Gasteiger partial charge in [-0.2, -0.15) is 0 Å². The van der Waals surface area contributed by atoms with Crippen molar-refractivity contribution in [3.8, 4) is 5.75 Å². The van der Waals surface area contributed by atoms with E-state index in [2.05, 4.69) is 5.32 Å². The van der Waals surface area contributed by atoms with Crippen molar-refractivity contribution in [3.63, 3.8) is 0 Å². The van der Waals surface area contributed by atoms with Gasteiger partial charge in [0.25, 0.3) is 5.91 Å². The Kier molecular flexibility index (Phi) is 4.58. The van der Waals surface area contributed by atoms with E-state index in [0.29, 0.717) is 17.1 Å². The lowest BCUT2D eigenvalue weighted by atomic mass is 10.1. The van der Waals surface area contributed by atoms with Gasteiger partial charge in [0.2, 0.25) is 0 Å². The molecule has 0 spiro atoms. The molecule has 0 radical (unpaired) electrons. The van der Waals surface area contributed by atoms with E-state index in [-0.39, 0.29) is 11.7 Å². The number of halogens is 2. The number of carbonyl (C=O) groups is 1. The number of benzene rings is 2. The predicted octanol–water partition coefficient (Wildman–Crippen LogP) is 3.83. The highest BCUT2D eigenvalue weighted by Crippen LogP contribution is 2.22. The Hall–Kier alpha value is -2.07. The van der Waals surface area contributed by atoms with E-state index < -0.39 is 5.82 Å². The zero-order chi connectivity index (χ0) is 14.5. The summed E-state index contributed by atoms with van der Waals surface area (Å²) in [6.07, 6.45) is 0. The van der Waals surface area contributed by atoms with E-state index in [9.17, 15) is 9.18 Å². The van der Waals surface area contributed by atoms with Crippen molar-refractivity contribution in [1.29, 1.82) is 0 Å². The summed E-state index contributed by atoms with van der Waals surface area (Å²) in [5.74, 6) is -0.270. The lowest BCUT2D eigenvalue weighted by Gasteiger charge is -2.08. The van der Waals surface area contributed by atoms with Gasteiger partial charge >= 0.3 is 0 Å². The number of nitrogens with one attached hydrogen (secondary N) is 1. The number of methoxy groups -OCH3 is 1. The fourth-order valence-electron chi connectivity index (χ4n) is 1.69. The Balaban J connectivity index is 2.14. The SMILES string of the molecule is COc1cc(NC(=O)c2ccc(CCl)cc2)ccc1F. The van der Waals surface area contributed by atoms with Crippen LogP contribution >= 0.6 is 11.6 Å². The minimum Gasteiger partial charge on any atom is -0.494 e. The van der Waals surface area contributed by atoms with Crippen LogP contribution in [0.2, 0.25) is 0 Å². The van der Waals surface area contributed by atoms with Gasteiger partial charge in [-0.1, -0.05) is 12.1 Å². The van der Waals surface area contributed by atoms with Crippen molar-refractivity contribution in [1.82, 2.24) is 0 Å². The summed E-state index contributed by atoms with van der Waals surface area (Å²) in [6, 6.07) is 11.1. The first-order valence-corrected chi connectivity index (χ1v) is 6.47. The van der Waals surface area contributed by atoms with E-state index >= 15 is 0 Å². The molecule has 0 saturated heterocycles. The molecular weight excluding hydrogens is 281 g/mol. The van der Waals surface area contributed by atoms with Gasteiger partial charge in [0.05, 0.1) is 7.11 Å². The Morgan fingerprint density at radius 3 is 2.55 bits per heavy atom. The summed E-state index contributed by atoms with van der Waals surface area (Å²) in [5.41, 5.74) is 1.91. The number of hydrogen-bond acceptors (Lipinski definition) is 2. The van der Waals surface area contributed by atoms with Crippen molar-refractivity contribution < 1.29 is 13.9 Å². The number of carbonyl (C=O) groups excluding carboxylic acids is 1. The molecule has 0 saturated carbocycles. The van der Waals surface area contributed by atoms with Crippen LogP contribution in [0.3, 0.4) is 0 Å². The number of alkyl halides is 1. The smallest absolute Gasteiger partial charge is 0.255 e. The van der Waals surface area contributed by atoms with Crippen molar-refractivity contribution >= 4 is 23.2 Å². The zero-order valence-corrected chi connectivity index (χ0v) is 11.6. The summed E-state index contributed by atoms with van der Waals surface area (Å²) in [4.78, 5) is 12.0. The van der Waals surface area contributed by atoms with Gasteiger partial charge in [-0.3, -0.25) is 4.79 Å². The molecule has 0 unspecified atom stereocenters. The molecule has 0 atom stereocenters. The Labute approximate surface area is 121 Å². The van der Waals surface area contributed by atoms with Crippen LogP contribution in [0.1, 0.15) is 15.9 Å². The molecule has 104 valence electrons. The Morgan fingerprint density at radius 2 is 1.95 bits per heavy atom. The number of hydrogen-bond donors (Lipinski definition) is 1. The first-order valence-electron chi connectivity index (χ1n) is 5.94. The van der Waals surface area contributed by atoms with Gasteiger partial charge in [-0.05, 0) is 29.8 Å². The molecule has 0 heterocycles. The van der Waals surface area contributed by atoms with Crippen molar-refractivity contribution in [3.05, 3.63) is 59.4 Å². The second-order valence-electron chi connectivity index (χ2n) is 4.13. The molecule has 0 aliphatic heterocycles. The molecule has 2 aromatic carbocycles. The van der Waals surface area contributed by atoms with E-state index in [1.807, 2.05) is 0 Å². The van der Waals surface area contributed by atoms with Crippen LogP contribution in [0.5, 0.6) is 5.75 Å². The largest absolute Gasteiger partial charge is 0.494 e. The average molecular weight is 294 g/mol. The fourth-order valence-corrected chi connectivity index (χ4v) is 1.86. The summed E-state index contributed by atoms with van der Waals surface area (Å²) >= 11 is 5.69. The summed E-state index contributed by atoms with van der Waals surface area (Å²) in [6.45, 7) is 0. The van der Waals surface area contributed by atoms with Crippen LogP contribution in [0.4, 0.5) is 10.1 Å². The number of anilines is 1. The molecule has 2 rings (SSSR count). The maximum atomic E-state index is 13.3. The topological polar surface area (TPSA) is 38.3 Å². The zero-order valence-electron chi connectivity index (χ0n) is 10.8. The molecule has 2 aromatic rings. The van der Waals surface area contributed by atoms with Crippen molar-refractivity contribution in [2.75, 3.05) is 12.4 Å². The molecule has 0 aliphatic rings. The molecule has 1 N–H and O–H groups in total. The van der Waals surface area contributed by atoms with Gasteiger partial charge in [-0.15, -0.1) is 11.6 Å². The second-order valence-corrected chi connectivity index (χ2v) is 4.40. The first-order chi connectivity index (χ1) is 9.63. The van der Waals surface area contributed by atoms with Gasteiger partial charge in [0.15, 0.2) is 11.6 Å². The molecule has 3 nitrogen and oxygen atoms in total. The number of ether oxygens (including phenoxy) is 1. The third-order valence-electron chi connectivity index (χ3n) is 2.78. The van der Waals surface area contributed by atoms with Crippen molar-refractivity contribution in [2.45, 2.75) is 5.88 Å². The third kappa shape index (κ3) is 3.27. The summed E-state index contributed by atoms with van der Waals surface area (Å²) < 4.78 is 18.1. The van der Waals surface area contributed by atoms with Crippen LogP contribution in [0.25, 0.3) is 0 Å². The minimum absolute atomic E-state index is 0.0836. The Morgan fingerprint density at radius 1 is 1.25 bits per heavy atom. The minimum atomic E-state index is -0.475. The normalized spacial score (nSPS) is 10.2. The highest BCUT2D eigenvalue weighted by molar-refractivity contribution is 6.17. The van der Waals surface area contributed by atoms with Gasteiger partial charge < -0.3 is 10.1 Å². The molecule has 5 heteroatoms. The molecular formula is C15H13ClFNO2. The molecule has 0 aliphatic carbocycles. The predicted molar refractivity (Wildman–Crippen MR) is 76.9 cm³/mol. The van der Waals surface area contributed by atoms with E-state index in [0.717, 1.165) is 5.56 Å². The van der Waals surface area contributed by atoms with Gasteiger partial charge in [0, 0.05) is 23.2 Å². The quantitative estimate of drug-likeness (QED) is 0.870. The van der Waals surface area contributed by atoms with Crippen LogP contribution in [0.15, 0.2) is 42.5 Å². The third-order valence-corrected chi connectivity index (χ3v) is 3.09. The molecule has 0 aromatic heterocycles. The van der Waals surface area contributed by atoms with E-state index in [4.69, 9.17) is 16.3 Å². The fraction of sp³-hybridized carbons (Fsp3) is 0.133. The standard InChI is InChI=1S/C15H13ClFNO2/c1-20-14-8-12(6-7-13(14)17)18-15(19)11-4-2-10(9-16)3-5-11/h2-8H,9H2,1H3,(H,18,19). The van der Waals surface area contributed by atoms with Crippen LogP contribution in [0, 0.1) is 5.82 Å². The maximum absolute atomic E-state index is 13.3. The molecule has 1 amide bonds. The second kappa shape index (κ2) is 6.39. The lowest BCUT2D eigenvalue weighted by Crippen LogP contribution is -2.12. The molecule has 0 fully saturated rings. The van der Waals surface area contributed by atoms with E-state index in [1.54, 1.807) is 24.3 Å². The van der Waals surface area contributed by atoms with E-state index in [1.165, 1.54) is 25.3 Å². The molecule has 20 heavy (non-hydrogen) atoms. The monoisotopic (exact) mass is 293 g/mol. The van der Waals surface area contributed by atoms with Crippen LogP contribution in [-0.4, -0.2) is 13.0 Å². The summed E-state index contributed by atoms with van der Waals surface area (Å²) in [7, 11) is 1.37.